The molecule has 1 fully saturated rings. The molecule has 3 aromatic carbocycles. The molecule has 6 heteroatoms. The highest BCUT2D eigenvalue weighted by atomic mass is 16.5. The molecule has 2 amide bonds. The molecule has 5 rings (SSSR count). The van der Waals surface area contributed by atoms with E-state index in [-0.39, 0.29) is 17.6 Å². The molecule has 1 saturated heterocycles. The molecule has 2 heterocycles. The first-order valence-corrected chi connectivity index (χ1v) is 14.5. The van der Waals surface area contributed by atoms with Crippen LogP contribution in [0.2, 0.25) is 0 Å². The molecule has 40 heavy (non-hydrogen) atoms. The van der Waals surface area contributed by atoms with E-state index >= 15 is 0 Å². The molecule has 2 aliphatic heterocycles. The lowest BCUT2D eigenvalue weighted by molar-refractivity contribution is -0.117. The first kappa shape index (κ1) is 27.7. The van der Waals surface area contributed by atoms with Crippen LogP contribution in [0.15, 0.2) is 78.6 Å². The third-order valence-electron chi connectivity index (χ3n) is 7.89. The summed E-state index contributed by atoms with van der Waals surface area (Å²) in [5.41, 5.74) is 4.38. The van der Waals surface area contributed by atoms with Crippen LogP contribution in [0.4, 0.5) is 5.69 Å². The Bertz CT molecular complexity index is 1350. The molecule has 6 nitrogen and oxygen atoms in total. The van der Waals surface area contributed by atoms with Gasteiger partial charge in [0.05, 0.1) is 12.2 Å². The van der Waals surface area contributed by atoms with Gasteiger partial charge in [0.15, 0.2) is 11.5 Å². The predicted molar refractivity (Wildman–Crippen MR) is 160 cm³/mol. The van der Waals surface area contributed by atoms with Gasteiger partial charge in [0.1, 0.15) is 0 Å². The number of para-hydroxylation sites is 2. The number of nitrogens with one attached hydrogen (secondary N) is 1. The molecule has 0 aromatic heterocycles. The fraction of sp³-hybridized carbons (Fsp3) is 0.353. The number of benzene rings is 3. The van der Waals surface area contributed by atoms with Crippen LogP contribution in [0, 0.1) is 6.92 Å². The Balaban J connectivity index is 1.21. The van der Waals surface area contributed by atoms with Crippen LogP contribution >= 0.6 is 0 Å². The molecule has 1 atom stereocenters. The Morgan fingerprint density at radius 1 is 1.02 bits per heavy atom. The van der Waals surface area contributed by atoms with Crippen molar-refractivity contribution in [3.05, 3.63) is 101 Å². The van der Waals surface area contributed by atoms with E-state index in [4.69, 9.17) is 4.74 Å². The Morgan fingerprint density at radius 2 is 1.80 bits per heavy atom. The summed E-state index contributed by atoms with van der Waals surface area (Å²) < 4.78 is 6.03. The number of hydrogen-bond donors (Lipinski definition) is 1. The maximum Gasteiger partial charge on any atom is 0.294 e. The van der Waals surface area contributed by atoms with E-state index in [1.165, 1.54) is 37.8 Å². The van der Waals surface area contributed by atoms with Crippen LogP contribution in [-0.2, 0) is 11.3 Å². The van der Waals surface area contributed by atoms with E-state index in [0.717, 1.165) is 29.8 Å². The second kappa shape index (κ2) is 13.0. The number of piperidine rings is 1. The Morgan fingerprint density at radius 3 is 2.58 bits per heavy atom. The molecule has 208 valence electrons. The summed E-state index contributed by atoms with van der Waals surface area (Å²) in [6.07, 6.45) is 7.79. The summed E-state index contributed by atoms with van der Waals surface area (Å²) >= 11 is 0. The molecule has 0 spiro atoms. The summed E-state index contributed by atoms with van der Waals surface area (Å²) in [6.45, 7) is 7.63. The van der Waals surface area contributed by atoms with Gasteiger partial charge in [-0.1, -0.05) is 67.4 Å². The zero-order valence-corrected chi connectivity index (χ0v) is 23.6. The van der Waals surface area contributed by atoms with E-state index < -0.39 is 0 Å². The average Bonchev–Trinajstić information content (AvgIpc) is 2.99. The van der Waals surface area contributed by atoms with Gasteiger partial charge in [-0.25, -0.2) is 0 Å². The largest absolute Gasteiger partial charge is 0.449 e. The fourth-order valence-corrected chi connectivity index (χ4v) is 5.58. The quantitative estimate of drug-likeness (QED) is 0.255. The number of ether oxygens (including phenoxy) is 1. The first-order chi connectivity index (χ1) is 19.5. The minimum Gasteiger partial charge on any atom is -0.449 e. The number of amides is 2. The predicted octanol–water partition coefficient (Wildman–Crippen LogP) is 6.35. The second-order valence-corrected chi connectivity index (χ2v) is 10.8. The lowest BCUT2D eigenvalue weighted by Crippen LogP contribution is -2.40. The van der Waals surface area contributed by atoms with E-state index in [1.807, 2.05) is 55.5 Å². The van der Waals surface area contributed by atoms with Crippen molar-refractivity contribution in [3.63, 3.8) is 0 Å². The highest BCUT2D eigenvalue weighted by Crippen LogP contribution is 2.36. The lowest BCUT2D eigenvalue weighted by Gasteiger charge is -2.35. The SMILES string of the molecule is CC[C@@H]1CCCCN1CCCNC(=O)c1ccc(/C=C2/Oc3ccccc3N(Cc3ccc(C)cc3)C2=O)cc1. The zero-order valence-electron chi connectivity index (χ0n) is 23.6. The highest BCUT2D eigenvalue weighted by molar-refractivity contribution is 6.09. The Labute approximate surface area is 237 Å². The number of aryl methyl sites for hydroxylation is 1. The number of anilines is 1. The van der Waals surface area contributed by atoms with E-state index in [2.05, 4.69) is 29.3 Å². The molecule has 0 unspecified atom stereocenters. The second-order valence-electron chi connectivity index (χ2n) is 10.8. The van der Waals surface area contributed by atoms with Crippen molar-refractivity contribution in [2.24, 2.45) is 0 Å². The maximum atomic E-state index is 13.5. The Hall–Kier alpha value is -3.90. The van der Waals surface area contributed by atoms with Crippen molar-refractivity contribution in [3.8, 4) is 5.75 Å². The molecule has 0 radical (unpaired) electrons. The molecule has 0 aliphatic carbocycles. The smallest absolute Gasteiger partial charge is 0.294 e. The van der Waals surface area contributed by atoms with E-state index in [9.17, 15) is 9.59 Å². The topological polar surface area (TPSA) is 61.9 Å². The Kier molecular flexibility index (Phi) is 8.97. The standard InChI is InChI=1S/C34H39N3O3/c1-3-29-9-6-7-21-36(29)22-8-20-35-33(38)28-18-16-26(17-19-28)23-32-34(39)37(24-27-14-12-25(2)13-15-27)30-10-4-5-11-31(30)40-32/h4-5,10-19,23,29H,3,6-9,20-22,24H2,1-2H3,(H,35,38)/b32-23+/t29-/m1/s1. The van der Waals surface area contributed by atoms with Gasteiger partial charge in [0, 0.05) is 24.7 Å². The minimum absolute atomic E-state index is 0.0759. The van der Waals surface area contributed by atoms with Crippen LogP contribution in [-0.4, -0.2) is 42.4 Å². The molecular weight excluding hydrogens is 498 g/mol. The summed E-state index contributed by atoms with van der Waals surface area (Å²) in [6, 6.07) is 23.8. The molecule has 0 saturated carbocycles. The van der Waals surface area contributed by atoms with Crippen LogP contribution in [0.25, 0.3) is 6.08 Å². The van der Waals surface area contributed by atoms with E-state index in [0.29, 0.717) is 30.4 Å². The maximum absolute atomic E-state index is 13.5. The van der Waals surface area contributed by atoms with Crippen molar-refractivity contribution >= 4 is 23.6 Å². The normalized spacial score (nSPS) is 18.4. The number of hydrogen-bond acceptors (Lipinski definition) is 4. The van der Waals surface area contributed by atoms with Gasteiger partial charge in [-0.3, -0.25) is 14.5 Å². The van der Waals surface area contributed by atoms with Crippen LogP contribution in [0.5, 0.6) is 5.75 Å². The van der Waals surface area contributed by atoms with Crippen molar-refractivity contribution < 1.29 is 14.3 Å². The highest BCUT2D eigenvalue weighted by Gasteiger charge is 2.30. The van der Waals surface area contributed by atoms with Gasteiger partial charge >= 0.3 is 0 Å². The van der Waals surface area contributed by atoms with Crippen molar-refractivity contribution in [1.29, 1.82) is 0 Å². The molecule has 3 aromatic rings. The third kappa shape index (κ3) is 6.62. The number of fused-ring (bicyclic) bond motifs is 1. The first-order valence-electron chi connectivity index (χ1n) is 14.5. The van der Waals surface area contributed by atoms with Gasteiger partial charge in [0.25, 0.3) is 11.8 Å². The van der Waals surface area contributed by atoms with Crippen LogP contribution < -0.4 is 15.0 Å². The molecule has 1 N–H and O–H groups in total. The fourth-order valence-electron chi connectivity index (χ4n) is 5.58. The monoisotopic (exact) mass is 537 g/mol. The molecule has 2 aliphatic rings. The number of rotatable bonds is 9. The summed E-state index contributed by atoms with van der Waals surface area (Å²) in [5.74, 6) is 0.630. The van der Waals surface area contributed by atoms with Gasteiger partial charge < -0.3 is 15.0 Å². The zero-order chi connectivity index (χ0) is 27.9. The molecule has 0 bridgehead atoms. The van der Waals surface area contributed by atoms with Gasteiger partial charge in [-0.2, -0.15) is 0 Å². The van der Waals surface area contributed by atoms with Crippen molar-refractivity contribution in [1.82, 2.24) is 10.2 Å². The van der Waals surface area contributed by atoms with Crippen molar-refractivity contribution in [2.45, 2.75) is 58.5 Å². The number of carbonyl (C=O) groups is 2. The van der Waals surface area contributed by atoms with Crippen LogP contribution in [0.3, 0.4) is 0 Å². The van der Waals surface area contributed by atoms with E-state index in [1.54, 1.807) is 23.1 Å². The minimum atomic E-state index is -0.194. The summed E-state index contributed by atoms with van der Waals surface area (Å²) in [5, 5.41) is 3.06. The third-order valence-corrected chi connectivity index (χ3v) is 7.89. The number of likely N-dealkylation sites (tertiary alicyclic amines) is 1. The number of nitrogens with zero attached hydrogens (tertiary/aromatic N) is 2. The summed E-state index contributed by atoms with van der Waals surface area (Å²) in [4.78, 5) is 30.6. The lowest BCUT2D eigenvalue weighted by atomic mass is 10.00. The molecular formula is C34H39N3O3. The summed E-state index contributed by atoms with van der Waals surface area (Å²) in [7, 11) is 0. The van der Waals surface area contributed by atoms with Gasteiger partial charge in [-0.15, -0.1) is 0 Å². The van der Waals surface area contributed by atoms with Crippen LogP contribution in [0.1, 0.15) is 66.1 Å². The van der Waals surface area contributed by atoms with Crippen molar-refractivity contribution in [2.75, 3.05) is 24.5 Å². The average molecular weight is 538 g/mol. The number of carbonyl (C=O) groups excluding carboxylic acids is 2. The van der Waals surface area contributed by atoms with Gasteiger partial charge in [-0.05, 0) is 80.6 Å². The van der Waals surface area contributed by atoms with Gasteiger partial charge in [0.2, 0.25) is 0 Å².